The molecule has 1 N–H and O–H groups in total. The number of aryl methyl sites for hydroxylation is 1. The number of carbonyl (C=O) groups excluding carboxylic acids is 1. The summed E-state index contributed by atoms with van der Waals surface area (Å²) in [4.78, 5) is 33.1. The van der Waals surface area contributed by atoms with E-state index in [1.54, 1.807) is 6.07 Å². The van der Waals surface area contributed by atoms with E-state index in [1.807, 2.05) is 24.0 Å². The van der Waals surface area contributed by atoms with Crippen molar-refractivity contribution in [1.29, 1.82) is 0 Å². The van der Waals surface area contributed by atoms with E-state index in [9.17, 15) is 14.9 Å². The number of hydrogen-bond acceptors (Lipinski definition) is 7. The summed E-state index contributed by atoms with van der Waals surface area (Å²) < 4.78 is 0. The summed E-state index contributed by atoms with van der Waals surface area (Å²) in [7, 11) is 0. The van der Waals surface area contributed by atoms with Crippen LogP contribution in [0.1, 0.15) is 18.5 Å². The average molecular weight is 347 g/mol. The number of nitrogens with one attached hydrogen (secondary N) is 1. The Bertz CT molecular complexity index is 763. The van der Waals surface area contributed by atoms with Gasteiger partial charge in [-0.05, 0) is 43.2 Å². The molecular formula is C15H17N5O3S. The van der Waals surface area contributed by atoms with Gasteiger partial charge in [-0.25, -0.2) is 9.97 Å². The van der Waals surface area contributed by atoms with Gasteiger partial charge in [-0.2, -0.15) is 0 Å². The average Bonchev–Trinajstić information content (AvgIpc) is 3.05. The Balaban J connectivity index is 1.66. The number of thiazole rings is 1. The first-order valence-electron chi connectivity index (χ1n) is 7.62. The molecule has 3 rings (SSSR count). The fraction of sp³-hybridized carbons (Fsp3) is 0.400. The Morgan fingerprint density at radius 1 is 1.50 bits per heavy atom. The molecule has 0 unspecified atom stereocenters. The summed E-state index contributed by atoms with van der Waals surface area (Å²) in [6.07, 6.45) is 2.88. The van der Waals surface area contributed by atoms with E-state index in [4.69, 9.17) is 0 Å². The van der Waals surface area contributed by atoms with Crippen LogP contribution in [0.4, 0.5) is 16.0 Å². The van der Waals surface area contributed by atoms with Crippen LogP contribution in [0.15, 0.2) is 24.4 Å². The van der Waals surface area contributed by atoms with Crippen molar-refractivity contribution in [1.82, 2.24) is 9.97 Å². The SMILES string of the molecule is Cc1cccc(NC(=O)[C@@H]2CCCN(c3ncc([N+](=O)[O-])s3)C2)n1. The molecule has 24 heavy (non-hydrogen) atoms. The monoisotopic (exact) mass is 347 g/mol. The zero-order valence-electron chi connectivity index (χ0n) is 13.1. The van der Waals surface area contributed by atoms with Gasteiger partial charge in [0.2, 0.25) is 5.91 Å². The third kappa shape index (κ3) is 3.67. The second-order valence-electron chi connectivity index (χ2n) is 5.68. The maximum Gasteiger partial charge on any atom is 0.345 e. The van der Waals surface area contributed by atoms with E-state index >= 15 is 0 Å². The zero-order valence-corrected chi connectivity index (χ0v) is 14.0. The Morgan fingerprint density at radius 3 is 3.04 bits per heavy atom. The van der Waals surface area contributed by atoms with E-state index in [-0.39, 0.29) is 16.8 Å². The van der Waals surface area contributed by atoms with Gasteiger partial charge in [-0.1, -0.05) is 6.07 Å². The first kappa shape index (κ1) is 16.3. The van der Waals surface area contributed by atoms with Gasteiger partial charge in [0.1, 0.15) is 12.0 Å². The third-order valence-electron chi connectivity index (χ3n) is 3.86. The molecule has 1 amide bonds. The van der Waals surface area contributed by atoms with E-state index in [0.717, 1.165) is 36.4 Å². The summed E-state index contributed by atoms with van der Waals surface area (Å²) in [5.74, 6) is 0.273. The third-order valence-corrected chi connectivity index (χ3v) is 4.87. The zero-order chi connectivity index (χ0) is 17.1. The smallest absolute Gasteiger partial charge is 0.345 e. The molecule has 126 valence electrons. The Labute approximate surface area is 142 Å². The first-order chi connectivity index (χ1) is 11.5. The number of hydrogen-bond donors (Lipinski definition) is 1. The molecule has 3 heterocycles. The van der Waals surface area contributed by atoms with Gasteiger partial charge in [0.05, 0.1) is 10.8 Å². The molecule has 1 aliphatic heterocycles. The standard InChI is InChI=1S/C15H17N5O3S/c1-10-4-2-6-12(17-10)18-14(21)11-5-3-7-19(9-11)15-16-8-13(24-15)20(22)23/h2,4,6,8,11H,3,5,7,9H2,1H3,(H,17,18,21)/t11-/m1/s1. The second kappa shape index (κ2) is 6.91. The highest BCUT2D eigenvalue weighted by Gasteiger charge is 2.28. The minimum Gasteiger partial charge on any atom is -0.347 e. The van der Waals surface area contributed by atoms with Crippen LogP contribution in [0.5, 0.6) is 0 Å². The summed E-state index contributed by atoms with van der Waals surface area (Å²) in [6.45, 7) is 3.12. The van der Waals surface area contributed by atoms with Crippen LogP contribution in [-0.2, 0) is 4.79 Å². The van der Waals surface area contributed by atoms with Gasteiger partial charge in [0.15, 0.2) is 5.13 Å². The van der Waals surface area contributed by atoms with Crippen LogP contribution < -0.4 is 10.2 Å². The summed E-state index contributed by atoms with van der Waals surface area (Å²) in [5.41, 5.74) is 0.841. The minimum atomic E-state index is -0.446. The van der Waals surface area contributed by atoms with Crippen LogP contribution >= 0.6 is 11.3 Å². The fourth-order valence-corrected chi connectivity index (χ4v) is 3.46. The van der Waals surface area contributed by atoms with E-state index in [1.165, 1.54) is 6.20 Å². The molecule has 2 aromatic heterocycles. The lowest BCUT2D eigenvalue weighted by Gasteiger charge is -2.31. The molecule has 1 saturated heterocycles. The maximum atomic E-state index is 12.5. The van der Waals surface area contributed by atoms with Gasteiger partial charge in [0.25, 0.3) is 0 Å². The fourth-order valence-electron chi connectivity index (χ4n) is 2.69. The van der Waals surface area contributed by atoms with Crippen LogP contribution in [-0.4, -0.2) is 33.9 Å². The van der Waals surface area contributed by atoms with Crippen LogP contribution in [0.2, 0.25) is 0 Å². The highest BCUT2D eigenvalue weighted by Crippen LogP contribution is 2.31. The largest absolute Gasteiger partial charge is 0.347 e. The topological polar surface area (TPSA) is 101 Å². The summed E-state index contributed by atoms with van der Waals surface area (Å²) in [5, 5.41) is 14.2. The summed E-state index contributed by atoms with van der Waals surface area (Å²) >= 11 is 1.04. The van der Waals surface area contributed by atoms with E-state index < -0.39 is 4.92 Å². The number of pyridine rings is 1. The molecule has 8 nitrogen and oxygen atoms in total. The molecule has 1 fully saturated rings. The van der Waals surface area contributed by atoms with Crippen molar-refractivity contribution in [2.24, 2.45) is 5.92 Å². The van der Waals surface area contributed by atoms with E-state index in [0.29, 0.717) is 17.5 Å². The second-order valence-corrected chi connectivity index (χ2v) is 6.66. The number of amides is 1. The molecule has 0 spiro atoms. The Hall–Kier alpha value is -2.55. The lowest BCUT2D eigenvalue weighted by molar-refractivity contribution is -0.380. The predicted molar refractivity (Wildman–Crippen MR) is 91.3 cm³/mol. The van der Waals surface area contributed by atoms with Crippen molar-refractivity contribution in [3.63, 3.8) is 0 Å². The van der Waals surface area contributed by atoms with Gasteiger partial charge >= 0.3 is 5.00 Å². The van der Waals surface area contributed by atoms with Gasteiger partial charge in [-0.15, -0.1) is 0 Å². The molecule has 0 saturated carbocycles. The van der Waals surface area contributed by atoms with Crippen LogP contribution in [0.25, 0.3) is 0 Å². The number of carbonyl (C=O) groups is 1. The van der Waals surface area contributed by atoms with Gasteiger partial charge in [-0.3, -0.25) is 14.9 Å². The molecular weight excluding hydrogens is 330 g/mol. The molecule has 1 atom stereocenters. The highest BCUT2D eigenvalue weighted by atomic mass is 32.1. The molecule has 1 aliphatic rings. The van der Waals surface area contributed by atoms with Crippen molar-refractivity contribution in [3.8, 4) is 0 Å². The van der Waals surface area contributed by atoms with Gasteiger partial charge in [0, 0.05) is 18.8 Å². The van der Waals surface area contributed by atoms with Crippen molar-refractivity contribution in [2.75, 3.05) is 23.3 Å². The summed E-state index contributed by atoms with van der Waals surface area (Å²) in [6, 6.07) is 5.48. The molecule has 9 heteroatoms. The number of nitrogens with zero attached hydrogens (tertiary/aromatic N) is 4. The van der Waals surface area contributed by atoms with Crippen molar-refractivity contribution in [3.05, 3.63) is 40.2 Å². The number of aromatic nitrogens is 2. The molecule has 0 aromatic carbocycles. The number of nitro groups is 1. The maximum absolute atomic E-state index is 12.5. The molecule has 0 radical (unpaired) electrons. The first-order valence-corrected chi connectivity index (χ1v) is 8.44. The van der Waals surface area contributed by atoms with Crippen molar-refractivity contribution >= 4 is 33.2 Å². The van der Waals surface area contributed by atoms with Crippen LogP contribution in [0.3, 0.4) is 0 Å². The molecule has 0 bridgehead atoms. The van der Waals surface area contributed by atoms with Crippen molar-refractivity contribution < 1.29 is 9.72 Å². The minimum absolute atomic E-state index is 0.0144. The highest BCUT2D eigenvalue weighted by molar-refractivity contribution is 7.18. The number of anilines is 2. The number of piperidine rings is 1. The van der Waals surface area contributed by atoms with E-state index in [2.05, 4.69) is 15.3 Å². The quantitative estimate of drug-likeness (QED) is 0.674. The lowest BCUT2D eigenvalue weighted by atomic mass is 9.97. The Kier molecular flexibility index (Phi) is 4.70. The van der Waals surface area contributed by atoms with Crippen molar-refractivity contribution in [2.45, 2.75) is 19.8 Å². The van der Waals surface area contributed by atoms with Gasteiger partial charge < -0.3 is 10.2 Å². The lowest BCUT2D eigenvalue weighted by Crippen LogP contribution is -2.40. The predicted octanol–water partition coefficient (Wildman–Crippen LogP) is 2.61. The van der Waals surface area contributed by atoms with Crippen LogP contribution in [0, 0.1) is 23.0 Å². The normalized spacial score (nSPS) is 17.5. The molecule has 0 aliphatic carbocycles. The molecule has 2 aromatic rings. The Morgan fingerprint density at radius 2 is 2.33 bits per heavy atom. The number of rotatable bonds is 4.